The molecule has 20 heavy (non-hydrogen) atoms. The molecule has 0 amide bonds. The van der Waals surface area contributed by atoms with E-state index >= 15 is 0 Å². The average Bonchev–Trinajstić information content (AvgIpc) is 3.03. The lowest BCUT2D eigenvalue weighted by Crippen LogP contribution is -2.04. The highest BCUT2D eigenvalue weighted by Crippen LogP contribution is 2.34. The number of fused-ring (bicyclic) bond motifs is 1. The van der Waals surface area contributed by atoms with Crippen LogP contribution in [0, 0.1) is 0 Å². The highest BCUT2D eigenvalue weighted by molar-refractivity contribution is 7.22. The van der Waals surface area contributed by atoms with Gasteiger partial charge in [0.2, 0.25) is 0 Å². The van der Waals surface area contributed by atoms with Crippen molar-refractivity contribution in [2.45, 2.75) is 12.7 Å². The van der Waals surface area contributed by atoms with Gasteiger partial charge in [0.25, 0.3) is 0 Å². The maximum atomic E-state index is 12.6. The molecule has 3 rings (SSSR count). The largest absolute Gasteiger partial charge is 0.416 e. The fourth-order valence-electron chi connectivity index (χ4n) is 1.75. The standard InChI is InChI=1S/C13H9F3N2S2/c14-13(15,16)9-1-2-11-10(5-9)18-12(20-11)17-6-8-3-4-19-7-8/h1-5,7H,6H2,(H,17,18). The summed E-state index contributed by atoms with van der Waals surface area (Å²) in [6.07, 6.45) is -4.33. The van der Waals surface area contributed by atoms with E-state index in [2.05, 4.69) is 10.3 Å². The zero-order chi connectivity index (χ0) is 14.2. The first-order chi connectivity index (χ1) is 9.52. The van der Waals surface area contributed by atoms with Gasteiger partial charge in [0.05, 0.1) is 15.8 Å². The zero-order valence-corrected chi connectivity index (χ0v) is 11.7. The van der Waals surface area contributed by atoms with Crippen LogP contribution >= 0.6 is 22.7 Å². The monoisotopic (exact) mass is 314 g/mol. The molecule has 0 atom stereocenters. The molecule has 2 heterocycles. The van der Waals surface area contributed by atoms with Crippen molar-refractivity contribution in [3.05, 3.63) is 46.2 Å². The molecule has 104 valence electrons. The Morgan fingerprint density at radius 3 is 2.75 bits per heavy atom. The Hall–Kier alpha value is -1.60. The van der Waals surface area contributed by atoms with E-state index in [0.717, 1.165) is 22.4 Å². The average molecular weight is 314 g/mol. The predicted octanol–water partition coefficient (Wildman–Crippen LogP) is 4.99. The second-order valence-electron chi connectivity index (χ2n) is 4.18. The van der Waals surface area contributed by atoms with Gasteiger partial charge in [0.1, 0.15) is 0 Å². The Morgan fingerprint density at radius 2 is 2.05 bits per heavy atom. The minimum Gasteiger partial charge on any atom is -0.357 e. The van der Waals surface area contributed by atoms with Gasteiger partial charge in [-0.2, -0.15) is 24.5 Å². The molecule has 7 heteroatoms. The van der Waals surface area contributed by atoms with Crippen LogP contribution in [0.1, 0.15) is 11.1 Å². The Kier molecular flexibility index (Phi) is 3.39. The van der Waals surface area contributed by atoms with Crippen molar-refractivity contribution >= 4 is 38.0 Å². The lowest BCUT2D eigenvalue weighted by molar-refractivity contribution is -0.137. The minimum atomic E-state index is -4.33. The fraction of sp³-hybridized carbons (Fsp3) is 0.154. The van der Waals surface area contributed by atoms with Gasteiger partial charge in [-0.3, -0.25) is 0 Å². The summed E-state index contributed by atoms with van der Waals surface area (Å²) in [5, 5.41) is 7.75. The van der Waals surface area contributed by atoms with Crippen LogP contribution in [0.3, 0.4) is 0 Å². The number of rotatable bonds is 3. The molecule has 2 aromatic heterocycles. The Labute approximate surface area is 120 Å². The number of benzene rings is 1. The number of hydrogen-bond acceptors (Lipinski definition) is 4. The lowest BCUT2D eigenvalue weighted by Gasteiger charge is -2.04. The molecule has 0 bridgehead atoms. The van der Waals surface area contributed by atoms with Crippen molar-refractivity contribution in [3.63, 3.8) is 0 Å². The van der Waals surface area contributed by atoms with Gasteiger partial charge in [-0.05, 0) is 40.6 Å². The maximum absolute atomic E-state index is 12.6. The number of aromatic nitrogens is 1. The van der Waals surface area contributed by atoms with Gasteiger partial charge >= 0.3 is 6.18 Å². The van der Waals surface area contributed by atoms with Crippen LogP contribution in [0.15, 0.2) is 35.0 Å². The molecule has 2 nitrogen and oxygen atoms in total. The van der Waals surface area contributed by atoms with Gasteiger partial charge in [-0.15, -0.1) is 0 Å². The Balaban J connectivity index is 1.83. The third-order valence-electron chi connectivity index (χ3n) is 2.74. The van der Waals surface area contributed by atoms with Gasteiger partial charge in [0, 0.05) is 6.54 Å². The number of alkyl halides is 3. The van der Waals surface area contributed by atoms with Crippen LogP contribution in [0.2, 0.25) is 0 Å². The molecule has 0 aliphatic rings. The molecular formula is C13H9F3N2S2. The van der Waals surface area contributed by atoms with Crippen molar-refractivity contribution in [1.29, 1.82) is 0 Å². The van der Waals surface area contributed by atoms with Crippen LogP contribution in [-0.4, -0.2) is 4.98 Å². The van der Waals surface area contributed by atoms with Crippen molar-refractivity contribution in [1.82, 2.24) is 4.98 Å². The molecule has 1 N–H and O–H groups in total. The normalized spacial score (nSPS) is 11.9. The molecule has 0 saturated heterocycles. The van der Waals surface area contributed by atoms with E-state index in [4.69, 9.17) is 0 Å². The second-order valence-corrected chi connectivity index (χ2v) is 6.00. The first-order valence-electron chi connectivity index (χ1n) is 5.75. The summed E-state index contributed by atoms with van der Waals surface area (Å²) < 4.78 is 38.6. The smallest absolute Gasteiger partial charge is 0.357 e. The Bertz CT molecular complexity index is 717. The highest BCUT2D eigenvalue weighted by atomic mass is 32.1. The number of nitrogens with one attached hydrogen (secondary N) is 1. The van der Waals surface area contributed by atoms with E-state index in [1.807, 2.05) is 16.8 Å². The molecular weight excluding hydrogens is 305 g/mol. The van der Waals surface area contributed by atoms with Crippen molar-refractivity contribution < 1.29 is 13.2 Å². The summed E-state index contributed by atoms with van der Waals surface area (Å²) in [7, 11) is 0. The topological polar surface area (TPSA) is 24.9 Å². The van der Waals surface area contributed by atoms with Crippen LogP contribution in [0.4, 0.5) is 18.3 Å². The summed E-state index contributed by atoms with van der Waals surface area (Å²) in [4.78, 5) is 4.20. The molecule has 0 spiro atoms. The summed E-state index contributed by atoms with van der Waals surface area (Å²) in [5.74, 6) is 0. The van der Waals surface area contributed by atoms with Crippen LogP contribution in [0.25, 0.3) is 10.2 Å². The van der Waals surface area contributed by atoms with Gasteiger partial charge in [-0.25, -0.2) is 4.98 Å². The number of thiophene rings is 1. The highest BCUT2D eigenvalue weighted by Gasteiger charge is 2.30. The van der Waals surface area contributed by atoms with Crippen molar-refractivity contribution in [3.8, 4) is 0 Å². The van der Waals surface area contributed by atoms with Gasteiger partial charge in [0.15, 0.2) is 5.13 Å². The summed E-state index contributed by atoms with van der Waals surface area (Å²) in [6, 6.07) is 5.63. The molecule has 0 aliphatic carbocycles. The number of nitrogens with zero attached hydrogens (tertiary/aromatic N) is 1. The predicted molar refractivity (Wildman–Crippen MR) is 76.3 cm³/mol. The quantitative estimate of drug-likeness (QED) is 0.737. The van der Waals surface area contributed by atoms with Crippen molar-refractivity contribution in [2.24, 2.45) is 0 Å². The van der Waals surface area contributed by atoms with E-state index in [0.29, 0.717) is 17.2 Å². The molecule has 0 unspecified atom stereocenters. The van der Waals surface area contributed by atoms with E-state index in [-0.39, 0.29) is 0 Å². The minimum absolute atomic E-state index is 0.373. The second kappa shape index (κ2) is 5.06. The third-order valence-corrected chi connectivity index (χ3v) is 4.46. The molecule has 0 saturated carbocycles. The number of thiazole rings is 1. The van der Waals surface area contributed by atoms with Crippen molar-refractivity contribution in [2.75, 3.05) is 5.32 Å². The molecule has 1 aromatic carbocycles. The summed E-state index contributed by atoms with van der Waals surface area (Å²) >= 11 is 2.95. The van der Waals surface area contributed by atoms with E-state index in [1.54, 1.807) is 11.3 Å². The lowest BCUT2D eigenvalue weighted by atomic mass is 10.2. The Morgan fingerprint density at radius 1 is 1.20 bits per heavy atom. The first kappa shape index (κ1) is 13.4. The number of hydrogen-bond donors (Lipinski definition) is 1. The summed E-state index contributed by atoms with van der Waals surface area (Å²) in [6.45, 7) is 0.620. The van der Waals surface area contributed by atoms with E-state index in [9.17, 15) is 13.2 Å². The van der Waals surface area contributed by atoms with Crippen LogP contribution < -0.4 is 5.32 Å². The zero-order valence-electron chi connectivity index (χ0n) is 10.1. The number of anilines is 1. The molecule has 0 aliphatic heterocycles. The number of halogens is 3. The van der Waals surface area contributed by atoms with E-state index in [1.165, 1.54) is 17.4 Å². The van der Waals surface area contributed by atoms with Gasteiger partial charge in [-0.1, -0.05) is 11.3 Å². The first-order valence-corrected chi connectivity index (χ1v) is 7.51. The van der Waals surface area contributed by atoms with Crippen LogP contribution in [0.5, 0.6) is 0 Å². The molecule has 0 fully saturated rings. The SMILES string of the molecule is FC(F)(F)c1ccc2sc(NCc3ccsc3)nc2c1. The molecule has 0 radical (unpaired) electrons. The van der Waals surface area contributed by atoms with Crippen LogP contribution in [-0.2, 0) is 12.7 Å². The fourth-order valence-corrected chi connectivity index (χ4v) is 3.26. The van der Waals surface area contributed by atoms with Gasteiger partial charge < -0.3 is 5.32 Å². The molecule has 3 aromatic rings. The van der Waals surface area contributed by atoms with E-state index < -0.39 is 11.7 Å². The third kappa shape index (κ3) is 2.78. The maximum Gasteiger partial charge on any atom is 0.416 e. The summed E-state index contributed by atoms with van der Waals surface area (Å²) in [5.41, 5.74) is 0.836.